The molecule has 1 heterocycles. The number of primary amides is 1. The Morgan fingerprint density at radius 1 is 1.40 bits per heavy atom. The fourth-order valence-corrected chi connectivity index (χ4v) is 3.41. The predicted molar refractivity (Wildman–Crippen MR) is 92.1 cm³/mol. The van der Waals surface area contributed by atoms with Crippen LogP contribution in [0.2, 0.25) is 5.02 Å². The monoisotopic (exact) mass is 379 g/mol. The van der Waals surface area contributed by atoms with Crippen molar-refractivity contribution in [3.05, 3.63) is 45.5 Å². The number of carbonyl (C=O) groups excluding carboxylic acids is 3. The van der Waals surface area contributed by atoms with Crippen molar-refractivity contribution in [1.82, 2.24) is 5.32 Å². The van der Waals surface area contributed by atoms with Crippen LogP contribution in [0.3, 0.4) is 0 Å². The van der Waals surface area contributed by atoms with Gasteiger partial charge in [-0.2, -0.15) is 5.26 Å². The van der Waals surface area contributed by atoms with Gasteiger partial charge in [-0.15, -0.1) is 0 Å². The SMILES string of the molecule is COC(=O)[C@@H]1C(=O)NC(SCC(N)=O)=C(C#N)C1c1ccc(Cl)cc1. The van der Waals surface area contributed by atoms with E-state index in [0.717, 1.165) is 11.8 Å². The van der Waals surface area contributed by atoms with Crippen LogP contribution in [-0.2, 0) is 19.1 Å². The van der Waals surface area contributed by atoms with E-state index in [1.807, 2.05) is 6.07 Å². The molecule has 0 fully saturated rings. The zero-order valence-electron chi connectivity index (χ0n) is 13.1. The zero-order chi connectivity index (χ0) is 18.6. The number of halogens is 1. The Morgan fingerprint density at radius 2 is 2.04 bits per heavy atom. The number of benzene rings is 1. The largest absolute Gasteiger partial charge is 0.468 e. The van der Waals surface area contributed by atoms with Gasteiger partial charge in [-0.05, 0) is 17.7 Å². The first-order valence-corrected chi connectivity index (χ1v) is 8.45. The molecule has 2 atom stereocenters. The molecule has 0 spiro atoms. The maximum absolute atomic E-state index is 12.5. The second-order valence-electron chi connectivity index (χ2n) is 5.13. The van der Waals surface area contributed by atoms with Crippen LogP contribution in [0.1, 0.15) is 11.5 Å². The molecule has 9 heteroatoms. The number of hydrogen-bond acceptors (Lipinski definition) is 6. The van der Waals surface area contributed by atoms with Gasteiger partial charge >= 0.3 is 5.97 Å². The lowest BCUT2D eigenvalue weighted by molar-refractivity contribution is -0.150. The van der Waals surface area contributed by atoms with Crippen molar-refractivity contribution in [2.24, 2.45) is 11.7 Å². The molecule has 1 aliphatic rings. The van der Waals surface area contributed by atoms with E-state index in [2.05, 4.69) is 5.32 Å². The molecular weight excluding hydrogens is 366 g/mol. The molecule has 2 rings (SSSR count). The van der Waals surface area contributed by atoms with Gasteiger partial charge in [0.2, 0.25) is 11.8 Å². The molecule has 1 unspecified atom stereocenters. The Labute approximate surface area is 153 Å². The fraction of sp³-hybridized carbons (Fsp3) is 0.250. The smallest absolute Gasteiger partial charge is 0.319 e. The highest BCUT2D eigenvalue weighted by atomic mass is 35.5. The van der Waals surface area contributed by atoms with Gasteiger partial charge in [0.1, 0.15) is 5.92 Å². The van der Waals surface area contributed by atoms with Gasteiger partial charge in [0.25, 0.3) is 0 Å². The zero-order valence-corrected chi connectivity index (χ0v) is 14.7. The molecule has 1 aliphatic heterocycles. The standard InChI is InChI=1S/C16H14ClN3O4S/c1-24-16(23)13-12(8-2-4-9(17)5-3-8)10(6-18)15(20-14(13)22)25-7-11(19)21/h2-5,12-13H,7H2,1H3,(H2,19,21)(H,20,22)/t12?,13-/m0/s1. The number of thioether (sulfide) groups is 1. The van der Waals surface area contributed by atoms with E-state index in [4.69, 9.17) is 22.1 Å². The summed E-state index contributed by atoms with van der Waals surface area (Å²) < 4.78 is 4.72. The van der Waals surface area contributed by atoms with Crippen LogP contribution in [0.15, 0.2) is 34.9 Å². The van der Waals surface area contributed by atoms with Crippen LogP contribution in [0.25, 0.3) is 0 Å². The summed E-state index contributed by atoms with van der Waals surface area (Å²) in [5, 5.41) is 12.8. The second kappa shape index (κ2) is 8.05. The van der Waals surface area contributed by atoms with Crippen LogP contribution < -0.4 is 11.1 Å². The number of amides is 2. The number of ether oxygens (including phenoxy) is 1. The normalized spacial score (nSPS) is 19.8. The molecule has 7 nitrogen and oxygen atoms in total. The number of hydrogen-bond donors (Lipinski definition) is 2. The molecule has 0 saturated carbocycles. The Bertz CT molecular complexity index is 786. The average Bonchev–Trinajstić information content (AvgIpc) is 2.59. The topological polar surface area (TPSA) is 122 Å². The Balaban J connectivity index is 2.57. The highest BCUT2D eigenvalue weighted by molar-refractivity contribution is 8.03. The third-order valence-electron chi connectivity index (χ3n) is 3.57. The lowest BCUT2D eigenvalue weighted by Gasteiger charge is -2.30. The van der Waals surface area contributed by atoms with Crippen molar-refractivity contribution in [3.63, 3.8) is 0 Å². The summed E-state index contributed by atoms with van der Waals surface area (Å²) >= 11 is 6.82. The number of allylic oxidation sites excluding steroid dienone is 1. The summed E-state index contributed by atoms with van der Waals surface area (Å²) in [4.78, 5) is 35.6. The van der Waals surface area contributed by atoms with Gasteiger partial charge in [0, 0.05) is 10.9 Å². The summed E-state index contributed by atoms with van der Waals surface area (Å²) in [6.45, 7) is 0. The lowest BCUT2D eigenvalue weighted by Crippen LogP contribution is -2.44. The van der Waals surface area contributed by atoms with E-state index in [9.17, 15) is 19.6 Å². The van der Waals surface area contributed by atoms with Crippen LogP contribution in [0, 0.1) is 17.2 Å². The van der Waals surface area contributed by atoms with Crippen molar-refractivity contribution in [1.29, 1.82) is 5.26 Å². The maximum Gasteiger partial charge on any atom is 0.319 e. The number of esters is 1. The minimum atomic E-state index is -1.22. The molecule has 25 heavy (non-hydrogen) atoms. The van der Waals surface area contributed by atoms with Gasteiger partial charge in [-0.1, -0.05) is 35.5 Å². The second-order valence-corrected chi connectivity index (χ2v) is 6.55. The first kappa shape index (κ1) is 18.8. The molecule has 0 aromatic heterocycles. The van der Waals surface area contributed by atoms with Gasteiger partial charge in [0.05, 0.1) is 29.5 Å². The summed E-state index contributed by atoms with van der Waals surface area (Å²) in [6, 6.07) is 8.49. The summed E-state index contributed by atoms with van der Waals surface area (Å²) in [5.74, 6) is -4.15. The minimum Gasteiger partial charge on any atom is -0.468 e. The quantitative estimate of drug-likeness (QED) is 0.587. The molecule has 3 N–H and O–H groups in total. The number of rotatable bonds is 5. The van der Waals surface area contributed by atoms with Crippen molar-refractivity contribution in [3.8, 4) is 6.07 Å². The molecule has 1 aromatic carbocycles. The lowest BCUT2D eigenvalue weighted by atomic mass is 9.78. The highest BCUT2D eigenvalue weighted by Crippen LogP contribution is 2.40. The molecule has 1 aromatic rings. The first-order chi connectivity index (χ1) is 11.9. The van der Waals surface area contributed by atoms with Crippen molar-refractivity contribution in [2.45, 2.75) is 5.92 Å². The molecule has 130 valence electrons. The molecule has 0 bridgehead atoms. The van der Waals surface area contributed by atoms with Gasteiger partial charge in [0.15, 0.2) is 0 Å². The number of methoxy groups -OCH3 is 1. The van der Waals surface area contributed by atoms with Gasteiger partial charge < -0.3 is 15.8 Å². The number of nitrogens with two attached hydrogens (primary N) is 1. The molecule has 2 amide bonds. The van der Waals surface area contributed by atoms with Gasteiger partial charge in [-0.25, -0.2) is 0 Å². The van der Waals surface area contributed by atoms with E-state index in [1.165, 1.54) is 7.11 Å². The van der Waals surface area contributed by atoms with Crippen molar-refractivity contribution < 1.29 is 19.1 Å². The summed E-state index contributed by atoms with van der Waals surface area (Å²) in [5.41, 5.74) is 5.84. The summed E-state index contributed by atoms with van der Waals surface area (Å²) in [7, 11) is 1.17. The van der Waals surface area contributed by atoms with E-state index in [0.29, 0.717) is 10.6 Å². The maximum atomic E-state index is 12.5. The molecule has 0 aliphatic carbocycles. The van der Waals surface area contributed by atoms with Crippen LogP contribution in [0.4, 0.5) is 0 Å². The van der Waals surface area contributed by atoms with Gasteiger partial charge in [-0.3, -0.25) is 14.4 Å². The Hall–Kier alpha value is -2.50. The van der Waals surface area contributed by atoms with Crippen molar-refractivity contribution in [2.75, 3.05) is 12.9 Å². The van der Waals surface area contributed by atoms with Crippen LogP contribution in [-0.4, -0.2) is 30.6 Å². The van der Waals surface area contributed by atoms with E-state index >= 15 is 0 Å². The third kappa shape index (κ3) is 4.13. The predicted octanol–water partition coefficient (Wildman–Crippen LogP) is 1.30. The average molecular weight is 380 g/mol. The van der Waals surface area contributed by atoms with E-state index in [-0.39, 0.29) is 16.4 Å². The number of nitrogens with zero attached hydrogens (tertiary/aromatic N) is 1. The van der Waals surface area contributed by atoms with E-state index < -0.39 is 29.6 Å². The van der Waals surface area contributed by atoms with Crippen LogP contribution in [0.5, 0.6) is 0 Å². The molecule has 0 radical (unpaired) electrons. The first-order valence-electron chi connectivity index (χ1n) is 7.08. The Kier molecular flexibility index (Phi) is 6.07. The number of carbonyl (C=O) groups is 3. The number of nitriles is 1. The molecular formula is C16H14ClN3O4S. The molecule has 0 saturated heterocycles. The Morgan fingerprint density at radius 3 is 2.56 bits per heavy atom. The van der Waals surface area contributed by atoms with Crippen molar-refractivity contribution >= 4 is 41.1 Å². The van der Waals surface area contributed by atoms with E-state index in [1.54, 1.807) is 24.3 Å². The van der Waals surface area contributed by atoms with Crippen LogP contribution >= 0.6 is 23.4 Å². The third-order valence-corrected chi connectivity index (χ3v) is 4.86. The number of nitrogens with one attached hydrogen (secondary N) is 1. The highest BCUT2D eigenvalue weighted by Gasteiger charge is 2.44. The minimum absolute atomic E-state index is 0.114. The fourth-order valence-electron chi connectivity index (χ4n) is 2.49. The summed E-state index contributed by atoms with van der Waals surface area (Å²) in [6.07, 6.45) is 0.